The van der Waals surface area contributed by atoms with Crippen LogP contribution in [0, 0.1) is 12.8 Å². The van der Waals surface area contributed by atoms with E-state index in [2.05, 4.69) is 21.4 Å². The smallest absolute Gasteiger partial charge is 0.314 e. The highest BCUT2D eigenvalue weighted by Gasteiger charge is 2.33. The van der Waals surface area contributed by atoms with Crippen molar-refractivity contribution in [3.05, 3.63) is 75.2 Å². The summed E-state index contributed by atoms with van der Waals surface area (Å²) in [6, 6.07) is 10.9. The number of hydrogen-bond acceptors (Lipinski definition) is 6. The number of fused-ring (bicyclic) bond motifs is 1. The highest BCUT2D eigenvalue weighted by Crippen LogP contribution is 2.39. The Morgan fingerprint density at radius 1 is 1.14 bits per heavy atom. The molecule has 0 spiro atoms. The van der Waals surface area contributed by atoms with Crippen molar-refractivity contribution in [1.82, 2.24) is 9.78 Å². The number of ether oxygens (including phenoxy) is 1. The molecule has 35 heavy (non-hydrogen) atoms. The third-order valence-corrected chi connectivity index (χ3v) is 6.60. The maximum atomic E-state index is 13.1. The van der Waals surface area contributed by atoms with Crippen LogP contribution >= 0.6 is 0 Å². The van der Waals surface area contributed by atoms with Crippen LogP contribution in [0.15, 0.2) is 57.5 Å². The number of aromatic hydroxyl groups is 1. The summed E-state index contributed by atoms with van der Waals surface area (Å²) < 4.78 is 7.10. The number of carboxylic acids is 1. The van der Waals surface area contributed by atoms with Gasteiger partial charge in [0.05, 0.1) is 16.9 Å². The molecule has 5 rings (SSSR count). The number of para-hydroxylation sites is 1. The molecule has 2 aromatic carbocycles. The molecule has 0 fully saturated rings. The van der Waals surface area contributed by atoms with Crippen LogP contribution in [0.5, 0.6) is 5.75 Å². The SMILES string of the molecule is Cc1[nH]n(-c2ccc3c(c2)CCCC3)c(=O)c1N=Nc1cccc(C2=CC(C(=O)O)C(C)O2)c1O. The molecule has 0 amide bonds. The van der Waals surface area contributed by atoms with Gasteiger partial charge in [0.25, 0.3) is 5.56 Å². The number of phenols is 1. The molecule has 2 unspecified atom stereocenters. The number of aromatic amines is 1. The highest BCUT2D eigenvalue weighted by atomic mass is 16.5. The molecule has 3 aromatic rings. The van der Waals surface area contributed by atoms with E-state index >= 15 is 0 Å². The van der Waals surface area contributed by atoms with Gasteiger partial charge < -0.3 is 14.9 Å². The first-order valence-electron chi connectivity index (χ1n) is 11.6. The standard InChI is InChI=1S/C26H26N4O5/c1-14-23(25(32)30(29-14)18-11-10-16-6-3-4-7-17(16)12-18)28-27-21-9-5-8-19(24(21)31)22-13-20(26(33)34)15(2)35-22/h5,8-13,15,20,29,31H,3-4,6-7H2,1-2H3,(H,33,34). The van der Waals surface area contributed by atoms with E-state index in [9.17, 15) is 19.8 Å². The van der Waals surface area contributed by atoms with Crippen molar-refractivity contribution in [3.63, 3.8) is 0 Å². The average molecular weight is 475 g/mol. The molecule has 3 N–H and O–H groups in total. The fourth-order valence-corrected chi connectivity index (χ4v) is 4.65. The van der Waals surface area contributed by atoms with E-state index in [1.165, 1.54) is 28.3 Å². The van der Waals surface area contributed by atoms with Crippen molar-refractivity contribution in [2.45, 2.75) is 45.6 Å². The van der Waals surface area contributed by atoms with E-state index in [1.807, 2.05) is 12.1 Å². The zero-order chi connectivity index (χ0) is 24.7. The summed E-state index contributed by atoms with van der Waals surface area (Å²) >= 11 is 0. The van der Waals surface area contributed by atoms with Crippen LogP contribution in [-0.4, -0.2) is 32.1 Å². The number of nitrogens with one attached hydrogen (secondary N) is 1. The number of hydrogen-bond donors (Lipinski definition) is 3. The van der Waals surface area contributed by atoms with Gasteiger partial charge in [-0.1, -0.05) is 12.1 Å². The van der Waals surface area contributed by atoms with Crippen molar-refractivity contribution in [2.24, 2.45) is 16.1 Å². The number of benzene rings is 2. The molecule has 0 saturated carbocycles. The Kier molecular flexibility index (Phi) is 5.76. The van der Waals surface area contributed by atoms with Gasteiger partial charge in [-0.25, -0.2) is 4.68 Å². The largest absolute Gasteiger partial charge is 0.505 e. The van der Waals surface area contributed by atoms with Crippen LogP contribution in [0.2, 0.25) is 0 Å². The Morgan fingerprint density at radius 2 is 1.91 bits per heavy atom. The summed E-state index contributed by atoms with van der Waals surface area (Å²) in [6.07, 6.45) is 5.32. The van der Waals surface area contributed by atoms with Gasteiger partial charge in [-0.2, -0.15) is 0 Å². The van der Waals surface area contributed by atoms with Crippen LogP contribution in [-0.2, 0) is 22.4 Å². The second kappa shape index (κ2) is 8.90. The topological polar surface area (TPSA) is 129 Å². The number of azo groups is 1. The lowest BCUT2D eigenvalue weighted by Crippen LogP contribution is -2.20. The van der Waals surface area contributed by atoms with Crippen molar-refractivity contribution in [2.75, 3.05) is 0 Å². The number of rotatable bonds is 5. The van der Waals surface area contributed by atoms with Crippen molar-refractivity contribution < 1.29 is 19.7 Å². The molecule has 1 aliphatic carbocycles. The van der Waals surface area contributed by atoms with E-state index < -0.39 is 18.0 Å². The molecule has 1 aliphatic heterocycles. The summed E-state index contributed by atoms with van der Waals surface area (Å²) in [4.78, 5) is 24.5. The fraction of sp³-hybridized carbons (Fsp3) is 0.308. The van der Waals surface area contributed by atoms with E-state index in [-0.39, 0.29) is 28.4 Å². The first-order valence-corrected chi connectivity index (χ1v) is 11.6. The third kappa shape index (κ3) is 4.14. The number of aromatic nitrogens is 2. The zero-order valence-electron chi connectivity index (χ0n) is 19.5. The van der Waals surface area contributed by atoms with E-state index in [0.29, 0.717) is 11.3 Å². The van der Waals surface area contributed by atoms with Crippen LogP contribution in [0.4, 0.5) is 11.4 Å². The monoisotopic (exact) mass is 474 g/mol. The number of carbonyl (C=O) groups is 1. The number of nitrogens with zero attached hydrogens (tertiary/aromatic N) is 3. The van der Waals surface area contributed by atoms with Crippen LogP contribution in [0.1, 0.15) is 42.1 Å². The van der Waals surface area contributed by atoms with Crippen LogP contribution in [0.25, 0.3) is 11.4 Å². The quantitative estimate of drug-likeness (QED) is 0.451. The molecular weight excluding hydrogens is 448 g/mol. The van der Waals surface area contributed by atoms with Crippen molar-refractivity contribution >= 4 is 23.1 Å². The molecule has 2 heterocycles. The van der Waals surface area contributed by atoms with Gasteiger partial charge in [0.2, 0.25) is 0 Å². The molecule has 1 aromatic heterocycles. The van der Waals surface area contributed by atoms with Crippen molar-refractivity contribution in [3.8, 4) is 11.4 Å². The van der Waals surface area contributed by atoms with Crippen LogP contribution < -0.4 is 5.56 Å². The molecule has 0 radical (unpaired) electrons. The maximum absolute atomic E-state index is 13.1. The van der Waals surface area contributed by atoms with Gasteiger partial charge in [-0.15, -0.1) is 10.2 Å². The summed E-state index contributed by atoms with van der Waals surface area (Å²) in [6.45, 7) is 3.40. The molecule has 0 bridgehead atoms. The van der Waals surface area contributed by atoms with Gasteiger partial charge in [0, 0.05) is 0 Å². The number of aryl methyl sites for hydroxylation is 3. The fourth-order valence-electron chi connectivity index (χ4n) is 4.65. The predicted molar refractivity (Wildman–Crippen MR) is 130 cm³/mol. The van der Waals surface area contributed by atoms with Crippen molar-refractivity contribution in [1.29, 1.82) is 0 Å². The second-order valence-electron chi connectivity index (χ2n) is 8.98. The Balaban J connectivity index is 1.45. The summed E-state index contributed by atoms with van der Waals surface area (Å²) in [7, 11) is 0. The normalized spacial score (nSPS) is 19.4. The molecule has 2 aliphatic rings. The third-order valence-electron chi connectivity index (χ3n) is 6.60. The lowest BCUT2D eigenvalue weighted by molar-refractivity contribution is -0.142. The van der Waals surface area contributed by atoms with E-state index in [1.54, 1.807) is 32.0 Å². The Morgan fingerprint density at radius 3 is 2.66 bits per heavy atom. The number of aliphatic carboxylic acids is 1. The first kappa shape index (κ1) is 22.6. The van der Waals surface area contributed by atoms with Gasteiger partial charge >= 0.3 is 5.97 Å². The van der Waals surface area contributed by atoms with E-state index in [0.717, 1.165) is 24.9 Å². The summed E-state index contributed by atoms with van der Waals surface area (Å²) in [5, 5.41) is 31.4. The minimum absolute atomic E-state index is 0.138. The Bertz CT molecular complexity index is 1430. The Hall–Kier alpha value is -4.14. The first-order chi connectivity index (χ1) is 16.8. The molecule has 180 valence electrons. The Labute approximate surface area is 201 Å². The number of phenolic OH excluding ortho intramolecular Hbond substituents is 1. The van der Waals surface area contributed by atoms with Gasteiger partial charge in [-0.05, 0) is 81.0 Å². The van der Waals surface area contributed by atoms with Crippen LogP contribution in [0.3, 0.4) is 0 Å². The summed E-state index contributed by atoms with van der Waals surface area (Å²) in [5.74, 6) is -1.74. The molecular formula is C26H26N4O5. The van der Waals surface area contributed by atoms with Gasteiger partial charge in [0.15, 0.2) is 11.4 Å². The number of carboxylic acid groups (broad SMARTS) is 1. The highest BCUT2D eigenvalue weighted by molar-refractivity contribution is 5.80. The lowest BCUT2D eigenvalue weighted by Gasteiger charge is -2.16. The number of H-pyrrole nitrogens is 1. The molecule has 9 heteroatoms. The molecule has 9 nitrogen and oxygen atoms in total. The van der Waals surface area contributed by atoms with Gasteiger partial charge in [-0.3, -0.25) is 14.7 Å². The zero-order valence-corrected chi connectivity index (χ0v) is 19.5. The molecule has 0 saturated heterocycles. The maximum Gasteiger partial charge on any atom is 0.314 e. The minimum Gasteiger partial charge on any atom is -0.505 e. The average Bonchev–Trinajstić information content (AvgIpc) is 3.37. The van der Waals surface area contributed by atoms with E-state index in [4.69, 9.17) is 4.74 Å². The second-order valence-corrected chi connectivity index (χ2v) is 8.98. The predicted octanol–water partition coefficient (Wildman–Crippen LogP) is 4.93. The molecule has 2 atom stereocenters. The summed E-state index contributed by atoms with van der Waals surface area (Å²) in [5.41, 5.74) is 4.15. The van der Waals surface area contributed by atoms with Gasteiger partial charge in [0.1, 0.15) is 23.5 Å². The lowest BCUT2D eigenvalue weighted by atomic mass is 9.91. The minimum atomic E-state index is -0.999.